The Morgan fingerprint density at radius 2 is 2.57 bits per heavy atom. The van der Waals surface area contributed by atoms with Crippen molar-refractivity contribution in [3.63, 3.8) is 0 Å². The van der Waals surface area contributed by atoms with E-state index in [1.165, 1.54) is 0 Å². The van der Waals surface area contributed by atoms with Crippen LogP contribution >= 0.6 is 12.2 Å². The molecule has 1 aromatic rings. The van der Waals surface area contributed by atoms with E-state index >= 15 is 0 Å². The summed E-state index contributed by atoms with van der Waals surface area (Å²) in [7, 11) is 0. The highest BCUT2D eigenvalue weighted by Gasteiger charge is 1.88. The molecule has 1 heterocycles. The standard InChI is InChI=1S/C9H12N4S/c1-2-5-11-9(14)13-12-7-8-4-3-6-10-8/h2-4,6-7,10H,1,5H2,(H2,11,13,14). The van der Waals surface area contributed by atoms with E-state index in [1.54, 1.807) is 12.3 Å². The van der Waals surface area contributed by atoms with Crippen LogP contribution in [-0.4, -0.2) is 22.9 Å². The third kappa shape index (κ3) is 3.86. The summed E-state index contributed by atoms with van der Waals surface area (Å²) < 4.78 is 0. The van der Waals surface area contributed by atoms with Crippen molar-refractivity contribution in [2.45, 2.75) is 0 Å². The molecule has 0 bridgehead atoms. The Hall–Kier alpha value is -1.62. The molecule has 0 aliphatic carbocycles. The number of hydrogen-bond donors (Lipinski definition) is 3. The van der Waals surface area contributed by atoms with E-state index in [-0.39, 0.29) is 0 Å². The first kappa shape index (κ1) is 10.5. The Kier molecular flexibility index (Phi) is 4.43. The molecule has 0 atom stereocenters. The van der Waals surface area contributed by atoms with Crippen molar-refractivity contribution in [3.8, 4) is 0 Å². The lowest BCUT2D eigenvalue weighted by atomic mass is 10.5. The van der Waals surface area contributed by atoms with Gasteiger partial charge in [0.2, 0.25) is 0 Å². The molecular weight excluding hydrogens is 196 g/mol. The zero-order valence-corrected chi connectivity index (χ0v) is 8.47. The maximum Gasteiger partial charge on any atom is 0.187 e. The van der Waals surface area contributed by atoms with Gasteiger partial charge in [0.05, 0.1) is 11.9 Å². The monoisotopic (exact) mass is 208 g/mol. The van der Waals surface area contributed by atoms with Crippen LogP contribution < -0.4 is 10.7 Å². The molecule has 1 rings (SSSR count). The number of nitrogens with one attached hydrogen (secondary N) is 3. The maximum absolute atomic E-state index is 4.92. The normalized spacial score (nSPS) is 10.0. The first-order valence-corrected chi connectivity index (χ1v) is 4.55. The zero-order valence-electron chi connectivity index (χ0n) is 7.66. The van der Waals surface area contributed by atoms with Gasteiger partial charge < -0.3 is 10.3 Å². The summed E-state index contributed by atoms with van der Waals surface area (Å²) in [6.07, 6.45) is 5.21. The van der Waals surface area contributed by atoms with E-state index in [4.69, 9.17) is 12.2 Å². The van der Waals surface area contributed by atoms with E-state index in [2.05, 4.69) is 27.4 Å². The summed E-state index contributed by atoms with van der Waals surface area (Å²) in [5.41, 5.74) is 3.60. The van der Waals surface area contributed by atoms with Crippen LogP contribution in [0.4, 0.5) is 0 Å². The largest absolute Gasteiger partial charge is 0.360 e. The van der Waals surface area contributed by atoms with Gasteiger partial charge in [-0.05, 0) is 24.4 Å². The fraction of sp³-hybridized carbons (Fsp3) is 0.111. The number of aromatic nitrogens is 1. The molecule has 5 heteroatoms. The lowest BCUT2D eigenvalue weighted by molar-refractivity contribution is 0.941. The van der Waals surface area contributed by atoms with Crippen LogP contribution in [0.1, 0.15) is 5.69 Å². The quantitative estimate of drug-likeness (QED) is 0.299. The minimum absolute atomic E-state index is 0.479. The average Bonchev–Trinajstić information content (AvgIpc) is 2.67. The van der Waals surface area contributed by atoms with Gasteiger partial charge >= 0.3 is 0 Å². The number of thiocarbonyl (C=S) groups is 1. The number of H-pyrrole nitrogens is 1. The van der Waals surface area contributed by atoms with E-state index in [0.29, 0.717) is 11.7 Å². The van der Waals surface area contributed by atoms with Gasteiger partial charge in [-0.15, -0.1) is 6.58 Å². The summed E-state index contributed by atoms with van der Waals surface area (Å²) >= 11 is 4.92. The molecule has 4 nitrogen and oxygen atoms in total. The van der Waals surface area contributed by atoms with Crippen molar-refractivity contribution in [1.82, 2.24) is 15.7 Å². The molecule has 0 aliphatic rings. The summed E-state index contributed by atoms with van der Waals surface area (Å²) in [4.78, 5) is 2.98. The molecule has 0 spiro atoms. The number of hydrogen-bond acceptors (Lipinski definition) is 2. The van der Waals surface area contributed by atoms with Crippen molar-refractivity contribution < 1.29 is 0 Å². The highest BCUT2D eigenvalue weighted by molar-refractivity contribution is 7.80. The fourth-order valence-corrected chi connectivity index (χ4v) is 0.925. The van der Waals surface area contributed by atoms with Gasteiger partial charge in [0.1, 0.15) is 0 Å². The second kappa shape index (κ2) is 5.93. The second-order valence-corrected chi connectivity index (χ2v) is 2.90. The minimum atomic E-state index is 0.479. The molecule has 0 saturated carbocycles. The van der Waals surface area contributed by atoms with Gasteiger partial charge in [-0.3, -0.25) is 5.43 Å². The molecule has 0 unspecified atom stereocenters. The van der Waals surface area contributed by atoms with Crippen molar-refractivity contribution >= 4 is 23.5 Å². The van der Waals surface area contributed by atoms with Gasteiger partial charge in [-0.2, -0.15) is 5.10 Å². The van der Waals surface area contributed by atoms with Gasteiger partial charge in [0, 0.05) is 12.7 Å². The van der Waals surface area contributed by atoms with Crippen LogP contribution in [0.2, 0.25) is 0 Å². The van der Waals surface area contributed by atoms with Crippen molar-refractivity contribution in [2.24, 2.45) is 5.10 Å². The number of rotatable bonds is 4. The SMILES string of the molecule is C=CCNC(=S)NN=Cc1ccc[nH]1. The van der Waals surface area contributed by atoms with Crippen LogP contribution in [0.5, 0.6) is 0 Å². The van der Waals surface area contributed by atoms with Crippen LogP contribution in [0.25, 0.3) is 0 Å². The molecule has 0 aromatic carbocycles. The van der Waals surface area contributed by atoms with Crippen molar-refractivity contribution in [3.05, 3.63) is 36.7 Å². The molecular formula is C9H12N4S. The summed E-state index contributed by atoms with van der Waals surface area (Å²) in [5.74, 6) is 0. The van der Waals surface area contributed by atoms with Gasteiger partial charge in [0.15, 0.2) is 5.11 Å². The summed E-state index contributed by atoms with van der Waals surface area (Å²) in [5, 5.41) is 7.29. The first-order chi connectivity index (χ1) is 6.83. The zero-order chi connectivity index (χ0) is 10.2. The fourth-order valence-electron chi connectivity index (χ4n) is 0.789. The van der Waals surface area contributed by atoms with E-state index < -0.39 is 0 Å². The Bertz CT molecular complexity index is 316. The molecule has 0 aliphatic heterocycles. The predicted molar refractivity (Wildman–Crippen MR) is 62.3 cm³/mol. The van der Waals surface area contributed by atoms with Crippen LogP contribution in [0, 0.1) is 0 Å². The molecule has 0 amide bonds. The van der Waals surface area contributed by atoms with Crippen molar-refractivity contribution in [2.75, 3.05) is 6.54 Å². The third-order valence-corrected chi connectivity index (χ3v) is 1.63. The Morgan fingerprint density at radius 3 is 3.21 bits per heavy atom. The highest BCUT2D eigenvalue weighted by atomic mass is 32.1. The molecule has 74 valence electrons. The average molecular weight is 208 g/mol. The molecule has 0 fully saturated rings. The van der Waals surface area contributed by atoms with Gasteiger partial charge in [-0.1, -0.05) is 6.08 Å². The van der Waals surface area contributed by atoms with Crippen LogP contribution in [-0.2, 0) is 0 Å². The smallest absolute Gasteiger partial charge is 0.187 e. The predicted octanol–water partition coefficient (Wildman–Crippen LogP) is 0.999. The number of nitrogens with zero attached hydrogens (tertiary/aromatic N) is 1. The topological polar surface area (TPSA) is 52.2 Å². The van der Waals surface area contributed by atoms with E-state index in [0.717, 1.165) is 5.69 Å². The second-order valence-electron chi connectivity index (χ2n) is 2.49. The summed E-state index contributed by atoms with van der Waals surface area (Å²) in [6.45, 7) is 4.19. The summed E-state index contributed by atoms with van der Waals surface area (Å²) in [6, 6.07) is 3.81. The van der Waals surface area contributed by atoms with E-state index in [9.17, 15) is 0 Å². The highest BCUT2D eigenvalue weighted by Crippen LogP contribution is 1.87. The van der Waals surface area contributed by atoms with Gasteiger partial charge in [-0.25, -0.2) is 0 Å². The number of hydrazone groups is 1. The Balaban J connectivity index is 2.26. The Labute approximate surface area is 88.1 Å². The third-order valence-electron chi connectivity index (χ3n) is 1.40. The molecule has 14 heavy (non-hydrogen) atoms. The van der Waals surface area contributed by atoms with Gasteiger partial charge in [0.25, 0.3) is 0 Å². The first-order valence-electron chi connectivity index (χ1n) is 4.14. The molecule has 3 N–H and O–H groups in total. The van der Waals surface area contributed by atoms with Crippen molar-refractivity contribution in [1.29, 1.82) is 0 Å². The van der Waals surface area contributed by atoms with Crippen LogP contribution in [0.3, 0.4) is 0 Å². The lowest BCUT2D eigenvalue weighted by Gasteiger charge is -2.02. The van der Waals surface area contributed by atoms with E-state index in [1.807, 2.05) is 18.3 Å². The molecule has 0 saturated heterocycles. The number of aromatic amines is 1. The Morgan fingerprint density at radius 1 is 1.71 bits per heavy atom. The van der Waals surface area contributed by atoms with Crippen LogP contribution in [0.15, 0.2) is 36.1 Å². The minimum Gasteiger partial charge on any atom is -0.360 e. The lowest BCUT2D eigenvalue weighted by Crippen LogP contribution is -2.31. The maximum atomic E-state index is 4.92. The molecule has 0 radical (unpaired) electrons. The molecule has 1 aromatic heterocycles.